The molecule has 0 saturated carbocycles. The first kappa shape index (κ1) is 20.6. The molecule has 11 heteroatoms. The van der Waals surface area contributed by atoms with Crippen LogP contribution in [0.3, 0.4) is 0 Å². The molecule has 2 amide bonds. The molecule has 0 heterocycles. The van der Waals surface area contributed by atoms with Gasteiger partial charge in [-0.2, -0.15) is 5.10 Å². The zero-order valence-corrected chi connectivity index (χ0v) is 15.9. The summed E-state index contributed by atoms with van der Waals surface area (Å²) in [4.78, 5) is 11.2. The molecule has 144 valence electrons. The minimum absolute atomic E-state index is 0.106. The van der Waals surface area contributed by atoms with Gasteiger partial charge in [0.05, 0.1) is 17.7 Å². The van der Waals surface area contributed by atoms with Crippen molar-refractivity contribution >= 4 is 39.2 Å². The van der Waals surface area contributed by atoms with Crippen molar-refractivity contribution < 1.29 is 22.0 Å². The lowest BCUT2D eigenvalue weighted by molar-refractivity contribution is 0.249. The molecule has 0 aliphatic heterocycles. The van der Waals surface area contributed by atoms with Gasteiger partial charge >= 0.3 is 6.03 Å². The highest BCUT2D eigenvalue weighted by atomic mass is 32.2. The Kier molecular flexibility index (Phi) is 6.39. The van der Waals surface area contributed by atoms with Crippen molar-refractivity contribution in [1.82, 2.24) is 5.43 Å². The second-order valence-electron chi connectivity index (χ2n) is 5.44. The summed E-state index contributed by atoms with van der Waals surface area (Å²) in [6, 6.07) is 6.85. The van der Waals surface area contributed by atoms with Crippen LogP contribution in [0.5, 0.6) is 0 Å². The van der Waals surface area contributed by atoms with Gasteiger partial charge in [0.15, 0.2) is 0 Å². The predicted octanol–water partition coefficient (Wildman–Crippen LogP) is 2.88. The molecule has 0 atom stereocenters. The maximum absolute atomic E-state index is 14.0. The Hall–Kier alpha value is -2.66. The zero-order valence-electron chi connectivity index (χ0n) is 14.3. The molecular weight excluding hydrogens is 398 g/mol. The SMILES string of the molecule is C/C(=N\NC(N)=O)c1ccc(NS(C)(=O)=O)c(Sc2ccc(F)cc2F)c1. The number of halogens is 2. The van der Waals surface area contributed by atoms with Crippen molar-refractivity contribution in [2.75, 3.05) is 11.0 Å². The highest BCUT2D eigenvalue weighted by molar-refractivity contribution is 7.99. The molecule has 0 unspecified atom stereocenters. The lowest BCUT2D eigenvalue weighted by atomic mass is 10.1. The Labute approximate surface area is 159 Å². The monoisotopic (exact) mass is 414 g/mol. The normalized spacial score (nSPS) is 11.9. The maximum atomic E-state index is 14.0. The highest BCUT2D eigenvalue weighted by Crippen LogP contribution is 2.36. The summed E-state index contributed by atoms with van der Waals surface area (Å²) in [6.07, 6.45) is 0.983. The van der Waals surface area contributed by atoms with Crippen molar-refractivity contribution in [2.45, 2.75) is 16.7 Å². The van der Waals surface area contributed by atoms with Crippen LogP contribution in [0.2, 0.25) is 0 Å². The number of carbonyl (C=O) groups is 1. The van der Waals surface area contributed by atoms with Crippen molar-refractivity contribution in [3.63, 3.8) is 0 Å². The van der Waals surface area contributed by atoms with E-state index in [1.54, 1.807) is 19.1 Å². The minimum atomic E-state index is -3.58. The molecule has 4 N–H and O–H groups in total. The van der Waals surface area contributed by atoms with Gasteiger partial charge in [0.1, 0.15) is 11.6 Å². The Morgan fingerprint density at radius 1 is 1.15 bits per heavy atom. The Bertz CT molecular complexity index is 1010. The molecule has 0 spiro atoms. The molecular formula is C16H16F2N4O3S2. The number of anilines is 1. The quantitative estimate of drug-likeness (QED) is 0.498. The standard InChI is InChI=1S/C16H16F2N4O3S2/c1-9(20-21-16(19)23)10-3-5-13(22-27(2,24)25)15(7-10)26-14-6-4-11(17)8-12(14)18/h3-8,22H,1-2H3,(H3,19,21,23)/b20-9+. The number of carbonyl (C=O) groups excluding carboxylic acids is 1. The van der Waals surface area contributed by atoms with E-state index in [-0.39, 0.29) is 10.6 Å². The third kappa shape index (κ3) is 6.22. The van der Waals surface area contributed by atoms with Gasteiger partial charge in [-0.15, -0.1) is 0 Å². The average Bonchev–Trinajstić information content (AvgIpc) is 2.55. The second-order valence-corrected chi connectivity index (χ2v) is 8.27. The van der Waals surface area contributed by atoms with E-state index < -0.39 is 27.7 Å². The molecule has 0 aliphatic carbocycles. The van der Waals surface area contributed by atoms with E-state index in [1.165, 1.54) is 12.1 Å². The number of nitrogens with zero attached hydrogens (tertiary/aromatic N) is 1. The summed E-state index contributed by atoms with van der Waals surface area (Å²) < 4.78 is 52.6. The largest absolute Gasteiger partial charge is 0.350 e. The highest BCUT2D eigenvalue weighted by Gasteiger charge is 2.14. The van der Waals surface area contributed by atoms with E-state index in [2.05, 4.69) is 15.2 Å². The smallest absolute Gasteiger partial charge is 0.332 e. The molecule has 0 fully saturated rings. The number of amides is 2. The number of urea groups is 1. The molecule has 0 radical (unpaired) electrons. The van der Waals surface area contributed by atoms with E-state index in [0.29, 0.717) is 16.2 Å². The number of rotatable bonds is 6. The summed E-state index contributed by atoms with van der Waals surface area (Å²) >= 11 is 0.911. The van der Waals surface area contributed by atoms with Crippen molar-refractivity contribution in [2.24, 2.45) is 10.8 Å². The van der Waals surface area contributed by atoms with Crippen molar-refractivity contribution in [3.05, 3.63) is 53.6 Å². The first-order chi connectivity index (χ1) is 12.5. The number of hydrogen-bond donors (Lipinski definition) is 3. The number of nitrogens with one attached hydrogen (secondary N) is 2. The van der Waals surface area contributed by atoms with Crippen LogP contribution in [-0.4, -0.2) is 26.4 Å². The van der Waals surface area contributed by atoms with E-state index in [4.69, 9.17) is 5.73 Å². The minimum Gasteiger partial charge on any atom is -0.350 e. The van der Waals surface area contributed by atoms with Crippen LogP contribution in [0.4, 0.5) is 19.3 Å². The zero-order chi connectivity index (χ0) is 20.2. The number of primary amides is 1. The maximum Gasteiger partial charge on any atom is 0.332 e. The van der Waals surface area contributed by atoms with E-state index in [1.807, 2.05) is 0 Å². The third-order valence-electron chi connectivity index (χ3n) is 3.14. The van der Waals surface area contributed by atoms with Crippen LogP contribution in [0.25, 0.3) is 0 Å². The summed E-state index contributed by atoms with van der Waals surface area (Å²) in [5, 5.41) is 3.80. The Morgan fingerprint density at radius 3 is 2.44 bits per heavy atom. The topological polar surface area (TPSA) is 114 Å². The fraction of sp³-hybridized carbons (Fsp3) is 0.125. The predicted molar refractivity (Wildman–Crippen MR) is 100 cm³/mol. The summed E-state index contributed by atoms with van der Waals surface area (Å²) in [5.74, 6) is -1.50. The molecule has 2 aromatic carbocycles. The average molecular weight is 414 g/mol. The number of hydrazone groups is 1. The fourth-order valence-corrected chi connectivity index (χ4v) is 3.58. The molecule has 0 bridgehead atoms. The second kappa shape index (κ2) is 8.35. The van der Waals surface area contributed by atoms with Crippen LogP contribution < -0.4 is 15.9 Å². The van der Waals surface area contributed by atoms with Gasteiger partial charge < -0.3 is 5.73 Å². The van der Waals surface area contributed by atoms with Gasteiger partial charge in [0.25, 0.3) is 0 Å². The van der Waals surface area contributed by atoms with E-state index >= 15 is 0 Å². The first-order valence-electron chi connectivity index (χ1n) is 7.40. The van der Waals surface area contributed by atoms with Crippen LogP contribution in [0.15, 0.2) is 51.3 Å². The number of sulfonamides is 1. The van der Waals surface area contributed by atoms with Gasteiger partial charge in [0, 0.05) is 15.9 Å². The third-order valence-corrected chi connectivity index (χ3v) is 4.84. The molecule has 2 rings (SSSR count). The van der Waals surface area contributed by atoms with Crippen LogP contribution >= 0.6 is 11.8 Å². The van der Waals surface area contributed by atoms with Gasteiger partial charge in [-0.25, -0.2) is 27.4 Å². The Balaban J connectivity index is 2.47. The van der Waals surface area contributed by atoms with Crippen LogP contribution in [0.1, 0.15) is 12.5 Å². The van der Waals surface area contributed by atoms with Gasteiger partial charge in [-0.1, -0.05) is 17.8 Å². The van der Waals surface area contributed by atoms with Gasteiger partial charge in [-0.05, 0) is 36.8 Å². The first-order valence-corrected chi connectivity index (χ1v) is 10.1. The van der Waals surface area contributed by atoms with E-state index in [0.717, 1.165) is 30.2 Å². The summed E-state index contributed by atoms with van der Waals surface area (Å²) in [7, 11) is -3.58. The summed E-state index contributed by atoms with van der Waals surface area (Å²) in [5.41, 5.74) is 8.19. The van der Waals surface area contributed by atoms with Crippen LogP contribution in [0, 0.1) is 11.6 Å². The van der Waals surface area contributed by atoms with Crippen LogP contribution in [-0.2, 0) is 10.0 Å². The molecule has 0 aliphatic rings. The lowest BCUT2D eigenvalue weighted by Crippen LogP contribution is -2.25. The molecule has 2 aromatic rings. The lowest BCUT2D eigenvalue weighted by Gasteiger charge is -2.13. The molecule has 7 nitrogen and oxygen atoms in total. The fourth-order valence-electron chi connectivity index (χ4n) is 2.00. The number of benzene rings is 2. The van der Waals surface area contributed by atoms with E-state index in [9.17, 15) is 22.0 Å². The number of nitrogens with two attached hydrogens (primary N) is 1. The van der Waals surface area contributed by atoms with Crippen molar-refractivity contribution in [3.8, 4) is 0 Å². The number of hydrogen-bond acceptors (Lipinski definition) is 5. The molecule has 27 heavy (non-hydrogen) atoms. The summed E-state index contributed by atoms with van der Waals surface area (Å²) in [6.45, 7) is 1.60. The van der Waals surface area contributed by atoms with Gasteiger partial charge in [0.2, 0.25) is 10.0 Å². The van der Waals surface area contributed by atoms with Gasteiger partial charge in [-0.3, -0.25) is 4.72 Å². The van der Waals surface area contributed by atoms with Crippen molar-refractivity contribution in [1.29, 1.82) is 0 Å². The molecule has 0 aromatic heterocycles. The molecule has 0 saturated heterocycles. The Morgan fingerprint density at radius 2 is 1.85 bits per heavy atom.